The average molecular weight is 182 g/mol. The molecule has 1 aliphatic rings. The smallest absolute Gasteiger partial charge is 0.164 e. The SMILES string of the molecule is CC(C)[C@@H]1CC[C@H](C)C(=O)/C1=C\O. The van der Waals surface area contributed by atoms with Crippen molar-refractivity contribution in [2.24, 2.45) is 17.8 Å². The molecular formula is C11H18O2. The Morgan fingerprint density at radius 3 is 2.54 bits per heavy atom. The van der Waals surface area contributed by atoms with Crippen LogP contribution in [0.3, 0.4) is 0 Å². The van der Waals surface area contributed by atoms with Crippen molar-refractivity contribution in [2.45, 2.75) is 33.6 Å². The predicted molar refractivity (Wildman–Crippen MR) is 52.4 cm³/mol. The largest absolute Gasteiger partial charge is 0.515 e. The summed E-state index contributed by atoms with van der Waals surface area (Å²) in [5.74, 6) is 0.921. The fourth-order valence-electron chi connectivity index (χ4n) is 2.04. The Balaban J connectivity index is 2.85. The van der Waals surface area contributed by atoms with E-state index in [0.29, 0.717) is 11.5 Å². The molecule has 0 spiro atoms. The van der Waals surface area contributed by atoms with Gasteiger partial charge in [0.25, 0.3) is 0 Å². The van der Waals surface area contributed by atoms with Crippen molar-refractivity contribution in [3.05, 3.63) is 11.8 Å². The molecule has 0 unspecified atom stereocenters. The van der Waals surface area contributed by atoms with Crippen molar-refractivity contribution in [3.63, 3.8) is 0 Å². The summed E-state index contributed by atoms with van der Waals surface area (Å²) in [7, 11) is 0. The van der Waals surface area contributed by atoms with Gasteiger partial charge < -0.3 is 5.11 Å². The molecule has 2 atom stereocenters. The van der Waals surface area contributed by atoms with Crippen LogP contribution in [0, 0.1) is 17.8 Å². The number of Topliss-reactive ketones (excluding diaryl/α,β-unsaturated/α-hetero) is 1. The first-order valence-corrected chi connectivity index (χ1v) is 4.96. The summed E-state index contributed by atoms with van der Waals surface area (Å²) in [6.07, 6.45) is 3.00. The minimum atomic E-state index is 0.0911. The highest BCUT2D eigenvalue weighted by Crippen LogP contribution is 2.34. The molecule has 1 aliphatic carbocycles. The molecule has 1 fully saturated rings. The second-order valence-electron chi connectivity index (χ2n) is 4.28. The van der Waals surface area contributed by atoms with Gasteiger partial charge in [-0.2, -0.15) is 0 Å². The number of hydrogen-bond acceptors (Lipinski definition) is 2. The van der Waals surface area contributed by atoms with Gasteiger partial charge >= 0.3 is 0 Å². The van der Waals surface area contributed by atoms with E-state index in [4.69, 9.17) is 5.11 Å². The molecule has 13 heavy (non-hydrogen) atoms. The van der Waals surface area contributed by atoms with Crippen molar-refractivity contribution in [2.75, 3.05) is 0 Å². The lowest BCUT2D eigenvalue weighted by molar-refractivity contribution is -0.121. The summed E-state index contributed by atoms with van der Waals surface area (Å²) in [6.45, 7) is 6.12. The minimum Gasteiger partial charge on any atom is -0.515 e. The Morgan fingerprint density at radius 2 is 2.08 bits per heavy atom. The summed E-state index contributed by atoms with van der Waals surface area (Å²) < 4.78 is 0. The van der Waals surface area contributed by atoms with E-state index in [-0.39, 0.29) is 17.6 Å². The number of aliphatic hydroxyl groups is 1. The van der Waals surface area contributed by atoms with E-state index < -0.39 is 0 Å². The number of hydrogen-bond donors (Lipinski definition) is 1. The molecule has 2 heteroatoms. The van der Waals surface area contributed by atoms with Gasteiger partial charge in [0.1, 0.15) is 0 Å². The number of allylic oxidation sites excluding steroid dienone is 1. The lowest BCUT2D eigenvalue weighted by Crippen LogP contribution is -2.29. The number of aliphatic hydroxyl groups excluding tert-OH is 1. The first-order chi connectivity index (χ1) is 6.07. The maximum atomic E-state index is 11.6. The van der Waals surface area contributed by atoms with Crippen LogP contribution in [0.5, 0.6) is 0 Å². The Bertz CT molecular complexity index is 228. The van der Waals surface area contributed by atoms with Gasteiger partial charge in [0.15, 0.2) is 5.78 Å². The quantitative estimate of drug-likeness (QED) is 0.500. The van der Waals surface area contributed by atoms with E-state index in [1.807, 2.05) is 6.92 Å². The summed E-state index contributed by atoms with van der Waals surface area (Å²) in [5.41, 5.74) is 0.633. The summed E-state index contributed by atoms with van der Waals surface area (Å²) in [4.78, 5) is 11.6. The van der Waals surface area contributed by atoms with Crippen LogP contribution in [0.25, 0.3) is 0 Å². The van der Waals surface area contributed by atoms with Crippen LogP contribution in [-0.2, 0) is 4.79 Å². The van der Waals surface area contributed by atoms with Gasteiger partial charge in [0, 0.05) is 11.5 Å². The van der Waals surface area contributed by atoms with Gasteiger partial charge in [-0.1, -0.05) is 20.8 Å². The third kappa shape index (κ3) is 1.93. The minimum absolute atomic E-state index is 0.0911. The van der Waals surface area contributed by atoms with Crippen molar-refractivity contribution >= 4 is 5.78 Å². The average Bonchev–Trinajstić information content (AvgIpc) is 2.09. The zero-order chi connectivity index (χ0) is 10.0. The molecule has 1 saturated carbocycles. The van der Waals surface area contributed by atoms with E-state index in [9.17, 15) is 4.79 Å². The van der Waals surface area contributed by atoms with Crippen LogP contribution >= 0.6 is 0 Å². The molecule has 1 rings (SSSR count). The van der Waals surface area contributed by atoms with Crippen LogP contribution in [0.4, 0.5) is 0 Å². The fourth-order valence-corrected chi connectivity index (χ4v) is 2.04. The molecule has 0 heterocycles. The molecule has 0 aliphatic heterocycles. The highest BCUT2D eigenvalue weighted by molar-refractivity contribution is 5.97. The van der Waals surface area contributed by atoms with Crippen LogP contribution < -0.4 is 0 Å². The molecule has 0 aromatic rings. The van der Waals surface area contributed by atoms with Crippen LogP contribution in [0.2, 0.25) is 0 Å². The van der Waals surface area contributed by atoms with E-state index in [0.717, 1.165) is 19.1 Å². The number of carbonyl (C=O) groups excluding carboxylic acids is 1. The molecule has 0 bridgehead atoms. The van der Waals surface area contributed by atoms with Crippen LogP contribution in [0.15, 0.2) is 11.8 Å². The van der Waals surface area contributed by atoms with Crippen LogP contribution in [-0.4, -0.2) is 10.9 Å². The predicted octanol–water partition coefficient (Wildman–Crippen LogP) is 2.70. The fraction of sp³-hybridized carbons (Fsp3) is 0.727. The zero-order valence-corrected chi connectivity index (χ0v) is 8.58. The van der Waals surface area contributed by atoms with Crippen molar-refractivity contribution in [1.29, 1.82) is 0 Å². The summed E-state index contributed by atoms with van der Waals surface area (Å²) >= 11 is 0. The number of ketones is 1. The summed E-state index contributed by atoms with van der Waals surface area (Å²) in [6, 6.07) is 0. The third-order valence-corrected chi connectivity index (χ3v) is 2.99. The molecule has 74 valence electrons. The first kappa shape index (κ1) is 10.3. The molecule has 2 nitrogen and oxygen atoms in total. The van der Waals surface area contributed by atoms with Crippen molar-refractivity contribution in [1.82, 2.24) is 0 Å². The molecule has 0 radical (unpaired) electrons. The highest BCUT2D eigenvalue weighted by Gasteiger charge is 2.32. The molecule has 0 amide bonds. The Kier molecular flexibility index (Phi) is 3.12. The maximum absolute atomic E-state index is 11.6. The summed E-state index contributed by atoms with van der Waals surface area (Å²) in [5, 5.41) is 9.02. The Morgan fingerprint density at radius 1 is 1.46 bits per heavy atom. The molecule has 0 saturated heterocycles. The second kappa shape index (κ2) is 3.95. The number of rotatable bonds is 1. The first-order valence-electron chi connectivity index (χ1n) is 4.96. The standard InChI is InChI=1S/C11H18O2/c1-7(2)9-5-4-8(3)11(13)10(9)6-12/h6-9,12H,4-5H2,1-3H3/b10-6-/t8-,9-/m0/s1. The van der Waals surface area contributed by atoms with Gasteiger partial charge in [0.2, 0.25) is 0 Å². The van der Waals surface area contributed by atoms with Gasteiger partial charge in [-0.25, -0.2) is 0 Å². The lowest BCUT2D eigenvalue weighted by Gasteiger charge is -2.30. The van der Waals surface area contributed by atoms with Gasteiger partial charge in [0.05, 0.1) is 6.26 Å². The van der Waals surface area contributed by atoms with E-state index in [2.05, 4.69) is 13.8 Å². The van der Waals surface area contributed by atoms with Crippen LogP contribution in [0.1, 0.15) is 33.6 Å². The van der Waals surface area contributed by atoms with Crippen molar-refractivity contribution in [3.8, 4) is 0 Å². The zero-order valence-electron chi connectivity index (χ0n) is 8.58. The molecule has 0 aromatic heterocycles. The molecule has 1 N–H and O–H groups in total. The van der Waals surface area contributed by atoms with E-state index >= 15 is 0 Å². The normalized spacial score (nSPS) is 32.9. The monoisotopic (exact) mass is 182 g/mol. The van der Waals surface area contributed by atoms with Gasteiger partial charge in [-0.15, -0.1) is 0 Å². The lowest BCUT2D eigenvalue weighted by atomic mass is 9.73. The molecular weight excluding hydrogens is 164 g/mol. The van der Waals surface area contributed by atoms with E-state index in [1.165, 1.54) is 0 Å². The van der Waals surface area contributed by atoms with Crippen molar-refractivity contribution < 1.29 is 9.90 Å². The third-order valence-electron chi connectivity index (χ3n) is 2.99. The Hall–Kier alpha value is -0.790. The molecule has 0 aromatic carbocycles. The van der Waals surface area contributed by atoms with Gasteiger partial charge in [-0.3, -0.25) is 4.79 Å². The van der Waals surface area contributed by atoms with Gasteiger partial charge in [-0.05, 0) is 24.7 Å². The second-order valence-corrected chi connectivity index (χ2v) is 4.28. The maximum Gasteiger partial charge on any atom is 0.164 e. The topological polar surface area (TPSA) is 37.3 Å². The highest BCUT2D eigenvalue weighted by atomic mass is 16.2. The Labute approximate surface area is 79.6 Å². The number of carbonyl (C=O) groups is 1. The van der Waals surface area contributed by atoms with E-state index in [1.54, 1.807) is 0 Å².